The standard InChI is InChI=1S/C20H19N3O4S/c1-22-13-11-21-20(22)28-15-9-7-14(8-10-15)23-12-5-4-6-16(18(24)26-2)17(23)19(25)27-3/h4-13H,1-3H3. The van der Waals surface area contributed by atoms with Crippen molar-refractivity contribution in [2.45, 2.75) is 10.1 Å². The van der Waals surface area contributed by atoms with Crippen molar-refractivity contribution in [1.82, 2.24) is 9.55 Å². The van der Waals surface area contributed by atoms with Gasteiger partial charge in [-0.15, -0.1) is 0 Å². The molecule has 0 radical (unpaired) electrons. The average Bonchev–Trinajstić information content (AvgIpc) is 2.99. The summed E-state index contributed by atoms with van der Waals surface area (Å²) < 4.78 is 11.7. The van der Waals surface area contributed by atoms with Crippen LogP contribution in [-0.4, -0.2) is 35.7 Å². The summed E-state index contributed by atoms with van der Waals surface area (Å²) in [6, 6.07) is 7.57. The SMILES string of the molecule is COC(=O)C1=C(C(=O)OC)N(c2ccc(Sc3nccn3C)cc2)C=CC=C1. The third-order valence-electron chi connectivity index (χ3n) is 3.99. The van der Waals surface area contributed by atoms with Crippen LogP contribution in [0.4, 0.5) is 5.69 Å². The van der Waals surface area contributed by atoms with Crippen molar-refractivity contribution in [3.05, 3.63) is 72.4 Å². The predicted octanol–water partition coefficient (Wildman–Crippen LogP) is 3.06. The number of aryl methyl sites for hydroxylation is 1. The molecule has 3 rings (SSSR count). The fourth-order valence-corrected chi connectivity index (χ4v) is 3.40. The largest absolute Gasteiger partial charge is 0.465 e. The van der Waals surface area contributed by atoms with Crippen molar-refractivity contribution < 1.29 is 19.1 Å². The molecule has 0 aliphatic carbocycles. The lowest BCUT2D eigenvalue weighted by Crippen LogP contribution is -2.26. The van der Waals surface area contributed by atoms with Gasteiger partial charge in [-0.05, 0) is 36.4 Å². The van der Waals surface area contributed by atoms with Crippen LogP contribution in [0.5, 0.6) is 0 Å². The first kappa shape index (κ1) is 19.5. The summed E-state index contributed by atoms with van der Waals surface area (Å²) in [5, 5.41) is 0.870. The molecule has 1 aromatic heterocycles. The average molecular weight is 397 g/mol. The van der Waals surface area contributed by atoms with Gasteiger partial charge in [0.05, 0.1) is 19.8 Å². The van der Waals surface area contributed by atoms with E-state index in [1.165, 1.54) is 32.1 Å². The minimum Gasteiger partial charge on any atom is -0.465 e. The van der Waals surface area contributed by atoms with Crippen LogP contribution in [0, 0.1) is 0 Å². The second kappa shape index (κ2) is 8.62. The number of hydrogen-bond acceptors (Lipinski definition) is 7. The molecule has 0 N–H and O–H groups in total. The molecule has 1 aromatic carbocycles. The van der Waals surface area contributed by atoms with E-state index in [1.807, 2.05) is 42.1 Å². The van der Waals surface area contributed by atoms with Crippen LogP contribution in [0.3, 0.4) is 0 Å². The molecule has 0 amide bonds. The van der Waals surface area contributed by atoms with E-state index in [0.29, 0.717) is 5.69 Å². The molecule has 1 aliphatic rings. The molecule has 2 heterocycles. The molecule has 0 saturated heterocycles. The Hall–Kier alpha value is -3.26. The van der Waals surface area contributed by atoms with Gasteiger partial charge in [0.25, 0.3) is 0 Å². The Morgan fingerprint density at radius 3 is 2.36 bits per heavy atom. The number of ether oxygens (including phenoxy) is 2. The lowest BCUT2D eigenvalue weighted by Gasteiger charge is -2.23. The van der Waals surface area contributed by atoms with Gasteiger partial charge in [-0.3, -0.25) is 0 Å². The summed E-state index contributed by atoms with van der Waals surface area (Å²) in [4.78, 5) is 31.5. The summed E-state index contributed by atoms with van der Waals surface area (Å²) in [7, 11) is 4.47. The molecule has 1 aliphatic heterocycles. The summed E-state index contributed by atoms with van der Waals surface area (Å²) in [5.74, 6) is -1.25. The minimum atomic E-state index is -0.636. The van der Waals surface area contributed by atoms with Gasteiger partial charge >= 0.3 is 11.9 Å². The number of esters is 2. The lowest BCUT2D eigenvalue weighted by molar-refractivity contribution is -0.139. The van der Waals surface area contributed by atoms with Crippen molar-refractivity contribution in [2.24, 2.45) is 7.05 Å². The van der Waals surface area contributed by atoms with Gasteiger partial charge in [0, 0.05) is 36.2 Å². The Labute approximate surface area is 167 Å². The Morgan fingerprint density at radius 1 is 1.04 bits per heavy atom. The van der Waals surface area contributed by atoms with Gasteiger partial charge < -0.3 is 18.9 Å². The van der Waals surface area contributed by atoms with Crippen molar-refractivity contribution in [2.75, 3.05) is 19.1 Å². The van der Waals surface area contributed by atoms with E-state index < -0.39 is 11.9 Å². The number of allylic oxidation sites excluding steroid dienone is 2. The zero-order valence-corrected chi connectivity index (χ0v) is 16.5. The number of methoxy groups -OCH3 is 2. The first-order valence-electron chi connectivity index (χ1n) is 8.35. The molecule has 7 nitrogen and oxygen atoms in total. The quantitative estimate of drug-likeness (QED) is 0.718. The zero-order valence-electron chi connectivity index (χ0n) is 15.7. The Kier molecular flexibility index (Phi) is 6.00. The number of imidazole rings is 1. The molecule has 144 valence electrons. The normalized spacial score (nSPS) is 13.5. The Bertz CT molecular complexity index is 974. The summed E-state index contributed by atoms with van der Waals surface area (Å²) in [6.45, 7) is 0. The van der Waals surface area contributed by atoms with Gasteiger partial charge in [0.2, 0.25) is 0 Å². The second-order valence-corrected chi connectivity index (χ2v) is 6.77. The lowest BCUT2D eigenvalue weighted by atomic mass is 10.1. The zero-order chi connectivity index (χ0) is 20.1. The first-order chi connectivity index (χ1) is 13.5. The highest BCUT2D eigenvalue weighted by molar-refractivity contribution is 7.99. The predicted molar refractivity (Wildman–Crippen MR) is 106 cm³/mol. The molecule has 0 fully saturated rings. The summed E-state index contributed by atoms with van der Waals surface area (Å²) in [5.41, 5.74) is 0.903. The smallest absolute Gasteiger partial charge is 0.355 e. The fraction of sp³-hybridized carbons (Fsp3) is 0.150. The van der Waals surface area contributed by atoms with Gasteiger partial charge in [0.1, 0.15) is 5.70 Å². The van der Waals surface area contributed by atoms with Crippen LogP contribution in [-0.2, 0) is 26.1 Å². The van der Waals surface area contributed by atoms with Gasteiger partial charge in [-0.25, -0.2) is 14.6 Å². The number of anilines is 1. The molecule has 28 heavy (non-hydrogen) atoms. The van der Waals surface area contributed by atoms with Crippen molar-refractivity contribution in [1.29, 1.82) is 0 Å². The maximum Gasteiger partial charge on any atom is 0.355 e. The van der Waals surface area contributed by atoms with Crippen LogP contribution < -0.4 is 4.90 Å². The third kappa shape index (κ3) is 4.01. The van der Waals surface area contributed by atoms with Gasteiger partial charge in [-0.1, -0.05) is 17.8 Å². The van der Waals surface area contributed by atoms with Gasteiger partial charge in [0.15, 0.2) is 5.16 Å². The number of hydrogen-bond donors (Lipinski definition) is 0. The highest BCUT2D eigenvalue weighted by atomic mass is 32.2. The number of aromatic nitrogens is 2. The maximum atomic E-state index is 12.4. The van der Waals surface area contributed by atoms with Crippen molar-refractivity contribution in [3.8, 4) is 0 Å². The molecule has 8 heteroatoms. The molecular weight excluding hydrogens is 378 g/mol. The monoisotopic (exact) mass is 397 g/mol. The van der Waals surface area contributed by atoms with Crippen LogP contribution in [0.25, 0.3) is 0 Å². The van der Waals surface area contributed by atoms with E-state index in [4.69, 9.17) is 9.47 Å². The van der Waals surface area contributed by atoms with E-state index in [9.17, 15) is 9.59 Å². The van der Waals surface area contributed by atoms with Gasteiger partial charge in [-0.2, -0.15) is 0 Å². The topological polar surface area (TPSA) is 73.7 Å². The van der Waals surface area contributed by atoms with Crippen LogP contribution in [0.15, 0.2) is 82.4 Å². The van der Waals surface area contributed by atoms with E-state index in [-0.39, 0.29) is 11.3 Å². The Morgan fingerprint density at radius 2 is 1.75 bits per heavy atom. The van der Waals surface area contributed by atoms with E-state index in [0.717, 1.165) is 10.1 Å². The molecule has 0 unspecified atom stereocenters. The van der Waals surface area contributed by atoms with E-state index in [1.54, 1.807) is 29.4 Å². The highest BCUT2D eigenvalue weighted by Crippen LogP contribution is 2.30. The minimum absolute atomic E-state index is 0.0869. The summed E-state index contributed by atoms with van der Waals surface area (Å²) >= 11 is 1.53. The van der Waals surface area contributed by atoms with E-state index in [2.05, 4.69) is 4.98 Å². The molecule has 0 bridgehead atoms. The third-order valence-corrected chi connectivity index (χ3v) is 5.07. The van der Waals surface area contributed by atoms with E-state index >= 15 is 0 Å². The number of rotatable bonds is 5. The van der Waals surface area contributed by atoms with Crippen molar-refractivity contribution in [3.63, 3.8) is 0 Å². The maximum absolute atomic E-state index is 12.4. The van der Waals surface area contributed by atoms with Crippen LogP contribution >= 0.6 is 11.8 Å². The van der Waals surface area contributed by atoms with Crippen LogP contribution in [0.2, 0.25) is 0 Å². The second-order valence-electron chi connectivity index (χ2n) is 5.73. The molecule has 0 atom stereocenters. The number of nitrogens with zero attached hydrogens (tertiary/aromatic N) is 3. The summed E-state index contributed by atoms with van der Waals surface area (Å²) in [6.07, 6.45) is 10.2. The fourth-order valence-electron chi connectivity index (χ4n) is 2.60. The van der Waals surface area contributed by atoms with Crippen molar-refractivity contribution >= 4 is 29.4 Å². The first-order valence-corrected chi connectivity index (χ1v) is 9.17. The molecule has 0 spiro atoms. The molecule has 2 aromatic rings. The number of carbonyl (C=O) groups is 2. The number of carbonyl (C=O) groups excluding carboxylic acids is 2. The molecule has 0 saturated carbocycles. The highest BCUT2D eigenvalue weighted by Gasteiger charge is 2.27. The van der Waals surface area contributed by atoms with Crippen LogP contribution in [0.1, 0.15) is 0 Å². The number of benzene rings is 1. The molecular formula is C20H19N3O4S. The Balaban J connectivity index is 1.96.